The molecule has 0 aliphatic carbocycles. The number of nitrogens with one attached hydrogen (secondary N) is 2. The minimum atomic E-state index is -0.246. The number of aryl methyl sites for hydroxylation is 1. The summed E-state index contributed by atoms with van der Waals surface area (Å²) >= 11 is 5.78. The summed E-state index contributed by atoms with van der Waals surface area (Å²) in [5, 5.41) is 6.20. The SMILES string of the molecule is Cc1ccccc1NC(=O)NCCOc1ccc(Cl)cc1. The zero-order valence-electron chi connectivity index (χ0n) is 11.7. The van der Waals surface area contributed by atoms with Crippen LogP contribution in [0, 0.1) is 6.92 Å². The molecule has 0 aromatic heterocycles. The summed E-state index contributed by atoms with van der Waals surface area (Å²) < 4.78 is 5.48. The number of anilines is 1. The third-order valence-electron chi connectivity index (χ3n) is 2.86. The van der Waals surface area contributed by atoms with Gasteiger partial charge in [-0.1, -0.05) is 29.8 Å². The lowest BCUT2D eigenvalue weighted by molar-refractivity contribution is 0.247. The Morgan fingerprint density at radius 3 is 2.57 bits per heavy atom. The number of carbonyl (C=O) groups is 1. The number of carbonyl (C=O) groups excluding carboxylic acids is 1. The molecule has 0 saturated heterocycles. The Kier molecular flexibility index (Phi) is 5.46. The second-order valence-electron chi connectivity index (χ2n) is 4.50. The van der Waals surface area contributed by atoms with E-state index in [2.05, 4.69) is 10.6 Å². The van der Waals surface area contributed by atoms with Gasteiger partial charge in [0.25, 0.3) is 0 Å². The van der Waals surface area contributed by atoms with E-state index >= 15 is 0 Å². The van der Waals surface area contributed by atoms with Crippen LogP contribution in [0.15, 0.2) is 48.5 Å². The minimum absolute atomic E-state index is 0.246. The second-order valence-corrected chi connectivity index (χ2v) is 4.93. The van der Waals surface area contributed by atoms with E-state index in [1.54, 1.807) is 24.3 Å². The van der Waals surface area contributed by atoms with Gasteiger partial charge in [-0.05, 0) is 42.8 Å². The maximum atomic E-state index is 11.7. The van der Waals surface area contributed by atoms with Crippen LogP contribution in [0.2, 0.25) is 5.02 Å². The predicted octanol–water partition coefficient (Wildman–Crippen LogP) is 3.85. The fraction of sp³-hybridized carbons (Fsp3) is 0.188. The Morgan fingerprint density at radius 1 is 1.14 bits per heavy atom. The van der Waals surface area contributed by atoms with Gasteiger partial charge in [0.2, 0.25) is 0 Å². The molecule has 0 heterocycles. The highest BCUT2D eigenvalue weighted by molar-refractivity contribution is 6.30. The normalized spacial score (nSPS) is 10.0. The number of halogens is 1. The molecule has 2 aromatic rings. The van der Waals surface area contributed by atoms with Crippen LogP contribution in [0.3, 0.4) is 0 Å². The Labute approximate surface area is 129 Å². The molecule has 0 aliphatic heterocycles. The van der Waals surface area contributed by atoms with Crippen molar-refractivity contribution >= 4 is 23.3 Å². The smallest absolute Gasteiger partial charge is 0.319 e. The van der Waals surface area contributed by atoms with Crippen LogP contribution in [-0.4, -0.2) is 19.2 Å². The van der Waals surface area contributed by atoms with Crippen molar-refractivity contribution in [1.82, 2.24) is 5.32 Å². The summed E-state index contributed by atoms with van der Waals surface area (Å²) in [7, 11) is 0. The monoisotopic (exact) mass is 304 g/mol. The van der Waals surface area contributed by atoms with Crippen LogP contribution in [0.1, 0.15) is 5.56 Å². The van der Waals surface area contributed by atoms with Crippen LogP contribution in [0.5, 0.6) is 5.75 Å². The van der Waals surface area contributed by atoms with E-state index in [1.807, 2.05) is 31.2 Å². The standard InChI is InChI=1S/C16H17ClN2O2/c1-12-4-2-3-5-15(12)19-16(20)18-10-11-21-14-8-6-13(17)7-9-14/h2-9H,10-11H2,1H3,(H2,18,19,20). The van der Waals surface area contributed by atoms with Gasteiger partial charge in [-0.2, -0.15) is 0 Å². The van der Waals surface area contributed by atoms with Crippen LogP contribution in [0.4, 0.5) is 10.5 Å². The first-order chi connectivity index (χ1) is 10.1. The maximum Gasteiger partial charge on any atom is 0.319 e. The van der Waals surface area contributed by atoms with Crippen LogP contribution < -0.4 is 15.4 Å². The fourth-order valence-corrected chi connectivity index (χ4v) is 1.87. The average molecular weight is 305 g/mol. The minimum Gasteiger partial charge on any atom is -0.492 e. The van der Waals surface area contributed by atoms with Crippen molar-refractivity contribution in [3.63, 3.8) is 0 Å². The first-order valence-corrected chi connectivity index (χ1v) is 7.02. The summed E-state index contributed by atoms with van der Waals surface area (Å²) in [5.74, 6) is 0.723. The molecule has 0 saturated carbocycles. The van der Waals surface area contributed by atoms with Gasteiger partial charge in [-0.25, -0.2) is 4.79 Å². The molecule has 5 heteroatoms. The summed E-state index contributed by atoms with van der Waals surface area (Å²) in [5.41, 5.74) is 1.82. The summed E-state index contributed by atoms with van der Waals surface area (Å²) in [4.78, 5) is 11.7. The van der Waals surface area contributed by atoms with Crippen LogP contribution in [-0.2, 0) is 0 Å². The molecule has 0 atom stereocenters. The van der Waals surface area contributed by atoms with Crippen molar-refractivity contribution in [2.24, 2.45) is 0 Å². The van der Waals surface area contributed by atoms with Gasteiger partial charge in [-0.3, -0.25) is 0 Å². The molecular weight excluding hydrogens is 288 g/mol. The predicted molar refractivity (Wildman–Crippen MR) is 85.1 cm³/mol. The van der Waals surface area contributed by atoms with Gasteiger partial charge in [0.05, 0.1) is 6.54 Å². The Balaban J connectivity index is 1.70. The van der Waals surface area contributed by atoms with Gasteiger partial charge in [0.1, 0.15) is 12.4 Å². The first kappa shape index (κ1) is 15.2. The first-order valence-electron chi connectivity index (χ1n) is 6.64. The fourth-order valence-electron chi connectivity index (χ4n) is 1.74. The van der Waals surface area contributed by atoms with E-state index in [0.29, 0.717) is 18.2 Å². The molecule has 0 unspecified atom stereocenters. The van der Waals surface area contributed by atoms with Crippen LogP contribution >= 0.6 is 11.6 Å². The van der Waals surface area contributed by atoms with Gasteiger partial charge in [-0.15, -0.1) is 0 Å². The zero-order chi connectivity index (χ0) is 15.1. The lowest BCUT2D eigenvalue weighted by Gasteiger charge is -2.10. The Morgan fingerprint density at radius 2 is 1.86 bits per heavy atom. The maximum absolute atomic E-state index is 11.7. The Bertz CT molecular complexity index is 599. The molecule has 21 heavy (non-hydrogen) atoms. The zero-order valence-corrected chi connectivity index (χ0v) is 12.5. The molecule has 2 rings (SSSR count). The lowest BCUT2D eigenvalue weighted by Crippen LogP contribution is -2.32. The molecule has 2 aromatic carbocycles. The number of para-hydroxylation sites is 1. The molecule has 0 radical (unpaired) electrons. The van der Waals surface area contributed by atoms with Gasteiger partial charge >= 0.3 is 6.03 Å². The number of amides is 2. The average Bonchev–Trinajstić information content (AvgIpc) is 2.48. The van der Waals surface area contributed by atoms with E-state index < -0.39 is 0 Å². The van der Waals surface area contributed by atoms with E-state index in [9.17, 15) is 4.79 Å². The van der Waals surface area contributed by atoms with Crippen molar-refractivity contribution in [3.8, 4) is 5.75 Å². The molecule has 2 amide bonds. The molecular formula is C16H17ClN2O2. The highest BCUT2D eigenvalue weighted by atomic mass is 35.5. The summed E-state index contributed by atoms with van der Waals surface area (Å²) in [6.45, 7) is 2.75. The highest BCUT2D eigenvalue weighted by Gasteiger charge is 2.03. The van der Waals surface area contributed by atoms with Crippen molar-refractivity contribution in [1.29, 1.82) is 0 Å². The summed E-state index contributed by atoms with van der Waals surface area (Å²) in [6.07, 6.45) is 0. The number of ether oxygens (including phenoxy) is 1. The molecule has 0 spiro atoms. The topological polar surface area (TPSA) is 50.4 Å². The molecule has 0 fully saturated rings. The van der Waals surface area contributed by atoms with Gasteiger partial charge in [0.15, 0.2) is 0 Å². The quantitative estimate of drug-likeness (QED) is 0.824. The van der Waals surface area contributed by atoms with E-state index in [1.165, 1.54) is 0 Å². The molecule has 0 bridgehead atoms. The van der Waals surface area contributed by atoms with Gasteiger partial charge in [0, 0.05) is 10.7 Å². The third-order valence-corrected chi connectivity index (χ3v) is 3.12. The number of rotatable bonds is 5. The molecule has 4 nitrogen and oxygen atoms in total. The number of urea groups is 1. The summed E-state index contributed by atoms with van der Waals surface area (Å²) in [6, 6.07) is 14.5. The number of benzene rings is 2. The lowest BCUT2D eigenvalue weighted by atomic mass is 10.2. The highest BCUT2D eigenvalue weighted by Crippen LogP contribution is 2.15. The van der Waals surface area contributed by atoms with E-state index in [0.717, 1.165) is 17.0 Å². The molecule has 0 aliphatic rings. The molecule has 2 N–H and O–H groups in total. The number of hydrogen-bond acceptors (Lipinski definition) is 2. The third kappa shape index (κ3) is 5.00. The van der Waals surface area contributed by atoms with Gasteiger partial charge < -0.3 is 15.4 Å². The van der Waals surface area contributed by atoms with Crippen molar-refractivity contribution in [3.05, 3.63) is 59.1 Å². The van der Waals surface area contributed by atoms with Crippen molar-refractivity contribution in [2.45, 2.75) is 6.92 Å². The van der Waals surface area contributed by atoms with Crippen molar-refractivity contribution in [2.75, 3.05) is 18.5 Å². The largest absolute Gasteiger partial charge is 0.492 e. The Hall–Kier alpha value is -2.20. The number of hydrogen-bond donors (Lipinski definition) is 2. The van der Waals surface area contributed by atoms with E-state index in [4.69, 9.17) is 16.3 Å². The van der Waals surface area contributed by atoms with Crippen LogP contribution in [0.25, 0.3) is 0 Å². The molecule has 110 valence electrons. The van der Waals surface area contributed by atoms with Crippen molar-refractivity contribution < 1.29 is 9.53 Å². The van der Waals surface area contributed by atoms with E-state index in [-0.39, 0.29) is 6.03 Å². The second kappa shape index (κ2) is 7.55.